The van der Waals surface area contributed by atoms with Crippen LogP contribution < -0.4 is 4.74 Å². The highest BCUT2D eigenvalue weighted by Gasteiger charge is 2.40. The van der Waals surface area contributed by atoms with E-state index in [4.69, 9.17) is 9.72 Å². The molecule has 0 saturated carbocycles. The molecule has 1 amide bonds. The summed E-state index contributed by atoms with van der Waals surface area (Å²) < 4.78 is 5.68. The molecule has 6 nitrogen and oxygen atoms in total. The molecule has 0 aromatic carbocycles. The number of thiazole rings is 1. The summed E-state index contributed by atoms with van der Waals surface area (Å²) in [7, 11) is 0. The fourth-order valence-electron chi connectivity index (χ4n) is 3.14. The number of Topliss-reactive ketones (excluding diaryl/α,β-unsaturated/α-hetero) is 1. The molecule has 0 bridgehead atoms. The van der Waals surface area contributed by atoms with Gasteiger partial charge in [-0.15, -0.1) is 11.3 Å². The molecule has 3 heterocycles. The summed E-state index contributed by atoms with van der Waals surface area (Å²) in [6.45, 7) is 6.75. The van der Waals surface area contributed by atoms with Gasteiger partial charge in [-0.2, -0.15) is 0 Å². The molecule has 1 fully saturated rings. The van der Waals surface area contributed by atoms with Crippen molar-refractivity contribution in [3.05, 3.63) is 40.6 Å². The van der Waals surface area contributed by atoms with E-state index in [2.05, 4.69) is 4.98 Å². The monoisotopic (exact) mass is 401 g/mol. The summed E-state index contributed by atoms with van der Waals surface area (Å²) in [5.74, 6) is 0.0668. The van der Waals surface area contributed by atoms with Crippen molar-refractivity contribution < 1.29 is 14.3 Å². The zero-order chi connectivity index (χ0) is 20.1. The number of rotatable bonds is 8. The van der Waals surface area contributed by atoms with Gasteiger partial charge in [0.2, 0.25) is 5.78 Å². The Morgan fingerprint density at radius 3 is 2.93 bits per heavy atom. The molecule has 150 valence electrons. The van der Waals surface area contributed by atoms with Crippen molar-refractivity contribution in [2.75, 3.05) is 13.2 Å². The fraction of sp³-hybridized carbons (Fsp3) is 0.524. The number of hydrogen-bond donors (Lipinski definition) is 0. The van der Waals surface area contributed by atoms with E-state index in [0.717, 1.165) is 29.3 Å². The minimum absolute atomic E-state index is 0.0953. The van der Waals surface area contributed by atoms with Gasteiger partial charge < -0.3 is 9.64 Å². The van der Waals surface area contributed by atoms with Crippen molar-refractivity contribution in [3.63, 3.8) is 0 Å². The van der Waals surface area contributed by atoms with E-state index in [1.807, 2.05) is 38.3 Å². The zero-order valence-electron chi connectivity index (χ0n) is 16.7. The van der Waals surface area contributed by atoms with Crippen LogP contribution in [0.3, 0.4) is 0 Å². The van der Waals surface area contributed by atoms with Crippen LogP contribution in [0.1, 0.15) is 56.8 Å². The van der Waals surface area contributed by atoms with Crippen LogP contribution in [-0.4, -0.2) is 39.7 Å². The first-order valence-electron chi connectivity index (χ1n) is 9.75. The number of hydrogen-bond acceptors (Lipinski definition) is 6. The van der Waals surface area contributed by atoms with Crippen molar-refractivity contribution in [2.45, 2.75) is 52.5 Å². The SMILES string of the molecule is CCC(C)(C)C(=O)C(=O)N1CCC[C@H]1c1nc(CCOc2cccnc2)cs1. The van der Waals surface area contributed by atoms with Gasteiger partial charge in [-0.05, 0) is 31.4 Å². The molecule has 3 rings (SSSR count). The Bertz CT molecular complexity index is 819. The van der Waals surface area contributed by atoms with E-state index in [1.54, 1.807) is 28.6 Å². The highest BCUT2D eigenvalue weighted by atomic mass is 32.1. The van der Waals surface area contributed by atoms with Crippen LogP contribution in [-0.2, 0) is 16.0 Å². The van der Waals surface area contributed by atoms with Crippen LogP contribution in [0.25, 0.3) is 0 Å². The minimum Gasteiger partial charge on any atom is -0.492 e. The number of nitrogens with zero attached hydrogens (tertiary/aromatic N) is 3. The summed E-state index contributed by atoms with van der Waals surface area (Å²) in [6, 6.07) is 3.61. The van der Waals surface area contributed by atoms with E-state index in [0.29, 0.717) is 26.0 Å². The maximum Gasteiger partial charge on any atom is 0.291 e. The van der Waals surface area contributed by atoms with Crippen LogP contribution >= 0.6 is 11.3 Å². The molecule has 0 N–H and O–H groups in total. The Morgan fingerprint density at radius 2 is 2.21 bits per heavy atom. The number of likely N-dealkylation sites (tertiary alicyclic amines) is 1. The third-order valence-corrected chi connectivity index (χ3v) is 6.32. The number of ether oxygens (including phenoxy) is 1. The van der Waals surface area contributed by atoms with Gasteiger partial charge in [0.05, 0.1) is 24.5 Å². The number of carbonyl (C=O) groups is 2. The number of ketones is 1. The molecule has 1 aliphatic heterocycles. The predicted molar refractivity (Wildman–Crippen MR) is 108 cm³/mol. The fourth-order valence-corrected chi connectivity index (χ4v) is 4.14. The molecule has 28 heavy (non-hydrogen) atoms. The van der Waals surface area contributed by atoms with Crippen LogP contribution in [0, 0.1) is 5.41 Å². The van der Waals surface area contributed by atoms with Gasteiger partial charge in [0.15, 0.2) is 0 Å². The molecule has 0 spiro atoms. The molecule has 2 aromatic heterocycles. The number of carbonyl (C=O) groups excluding carboxylic acids is 2. The van der Waals surface area contributed by atoms with Gasteiger partial charge in [-0.3, -0.25) is 14.6 Å². The van der Waals surface area contributed by atoms with Gasteiger partial charge in [0, 0.05) is 30.0 Å². The third kappa shape index (κ3) is 4.58. The molecule has 1 saturated heterocycles. The average molecular weight is 402 g/mol. The number of aromatic nitrogens is 2. The number of pyridine rings is 1. The standard InChI is InChI=1S/C21H27N3O3S/c1-4-21(2,3)18(25)20(26)24-11-6-8-17(24)19-23-15(14-28-19)9-12-27-16-7-5-10-22-13-16/h5,7,10,13-14,17H,4,6,8-9,11-12H2,1-3H3/t17-/m0/s1. The average Bonchev–Trinajstić information content (AvgIpc) is 3.37. The van der Waals surface area contributed by atoms with Gasteiger partial charge >= 0.3 is 0 Å². The predicted octanol–water partition coefficient (Wildman–Crippen LogP) is 3.83. The zero-order valence-corrected chi connectivity index (χ0v) is 17.5. The van der Waals surface area contributed by atoms with Gasteiger partial charge in [-0.1, -0.05) is 20.8 Å². The van der Waals surface area contributed by atoms with Crippen molar-refractivity contribution in [1.82, 2.24) is 14.9 Å². The molecular weight excluding hydrogens is 374 g/mol. The van der Waals surface area contributed by atoms with Gasteiger partial charge in [-0.25, -0.2) is 4.98 Å². The molecule has 7 heteroatoms. The van der Waals surface area contributed by atoms with Gasteiger partial charge in [0.1, 0.15) is 10.8 Å². The van der Waals surface area contributed by atoms with Crippen molar-refractivity contribution >= 4 is 23.0 Å². The van der Waals surface area contributed by atoms with Crippen molar-refractivity contribution in [3.8, 4) is 5.75 Å². The summed E-state index contributed by atoms with van der Waals surface area (Å²) in [5, 5.41) is 2.92. The van der Waals surface area contributed by atoms with E-state index >= 15 is 0 Å². The van der Waals surface area contributed by atoms with Crippen molar-refractivity contribution in [2.24, 2.45) is 5.41 Å². The number of amides is 1. The Morgan fingerprint density at radius 1 is 1.39 bits per heavy atom. The summed E-state index contributed by atoms with van der Waals surface area (Å²) in [6.07, 6.45) is 6.48. The first-order valence-corrected chi connectivity index (χ1v) is 10.6. The second-order valence-corrected chi connectivity index (χ2v) is 8.58. The van der Waals surface area contributed by atoms with E-state index in [-0.39, 0.29) is 17.7 Å². The molecular formula is C21H27N3O3S. The normalized spacial score (nSPS) is 17.0. The minimum atomic E-state index is -0.623. The molecule has 1 atom stereocenters. The maximum absolute atomic E-state index is 12.8. The Hall–Kier alpha value is -2.28. The highest BCUT2D eigenvalue weighted by Crippen LogP contribution is 2.35. The van der Waals surface area contributed by atoms with Crippen LogP contribution in [0.5, 0.6) is 5.75 Å². The maximum atomic E-state index is 12.8. The lowest BCUT2D eigenvalue weighted by molar-refractivity contribution is -0.149. The molecule has 0 unspecified atom stereocenters. The molecule has 0 radical (unpaired) electrons. The Balaban J connectivity index is 1.61. The lowest BCUT2D eigenvalue weighted by Gasteiger charge is -2.27. The first-order chi connectivity index (χ1) is 13.4. The highest BCUT2D eigenvalue weighted by molar-refractivity contribution is 7.09. The van der Waals surface area contributed by atoms with E-state index < -0.39 is 5.41 Å². The second-order valence-electron chi connectivity index (χ2n) is 7.69. The quantitative estimate of drug-likeness (QED) is 0.629. The Kier molecular flexibility index (Phi) is 6.44. The topological polar surface area (TPSA) is 72.4 Å². The molecule has 0 aliphatic carbocycles. The van der Waals surface area contributed by atoms with Crippen LogP contribution in [0.4, 0.5) is 0 Å². The van der Waals surface area contributed by atoms with E-state index in [9.17, 15) is 9.59 Å². The van der Waals surface area contributed by atoms with Crippen molar-refractivity contribution in [1.29, 1.82) is 0 Å². The van der Waals surface area contributed by atoms with Crippen LogP contribution in [0.15, 0.2) is 29.9 Å². The second kappa shape index (κ2) is 8.82. The summed E-state index contributed by atoms with van der Waals surface area (Å²) in [4.78, 5) is 35.9. The first kappa shape index (κ1) is 20.5. The molecule has 1 aliphatic rings. The Labute approximate surface area is 170 Å². The largest absolute Gasteiger partial charge is 0.492 e. The summed E-state index contributed by atoms with van der Waals surface area (Å²) >= 11 is 1.55. The molecule has 2 aromatic rings. The van der Waals surface area contributed by atoms with E-state index in [1.165, 1.54) is 0 Å². The lowest BCUT2D eigenvalue weighted by Crippen LogP contribution is -2.42. The third-order valence-electron chi connectivity index (χ3n) is 5.32. The van der Waals surface area contributed by atoms with Gasteiger partial charge in [0.25, 0.3) is 5.91 Å². The van der Waals surface area contributed by atoms with Crippen LogP contribution in [0.2, 0.25) is 0 Å². The smallest absolute Gasteiger partial charge is 0.291 e. The lowest BCUT2D eigenvalue weighted by atomic mass is 9.84. The summed E-state index contributed by atoms with van der Waals surface area (Å²) in [5.41, 5.74) is 0.324.